The molecule has 0 aromatic carbocycles. The molecule has 110 valence electrons. The van der Waals surface area contributed by atoms with Crippen molar-refractivity contribution in [1.29, 1.82) is 0 Å². The second-order valence-corrected chi connectivity index (χ2v) is 4.18. The zero-order chi connectivity index (χ0) is 15.1. The summed E-state index contributed by atoms with van der Waals surface area (Å²) in [6, 6.07) is 2.50. The molecule has 0 bridgehead atoms. The number of nitrogens with two attached hydrogens (primary N) is 1. The summed E-state index contributed by atoms with van der Waals surface area (Å²) in [6.45, 7) is 2.59. The Morgan fingerprint density at radius 3 is 2.80 bits per heavy atom. The van der Waals surface area contributed by atoms with Crippen LogP contribution in [0.5, 0.6) is 0 Å². The van der Waals surface area contributed by atoms with Crippen molar-refractivity contribution < 1.29 is 9.72 Å². The minimum atomic E-state index is -0.545. The lowest BCUT2D eigenvalue weighted by molar-refractivity contribution is -0.384. The normalized spacial score (nSPS) is 9.95. The van der Waals surface area contributed by atoms with E-state index in [2.05, 4.69) is 15.7 Å². The van der Waals surface area contributed by atoms with Gasteiger partial charge in [-0.1, -0.05) is 6.92 Å². The fourth-order valence-electron chi connectivity index (χ4n) is 1.49. The van der Waals surface area contributed by atoms with Crippen LogP contribution in [-0.4, -0.2) is 36.0 Å². The monoisotopic (exact) mass is 282 g/mol. The molecule has 0 fully saturated rings. The van der Waals surface area contributed by atoms with Crippen molar-refractivity contribution in [2.24, 2.45) is 5.84 Å². The first-order valence-electron chi connectivity index (χ1n) is 6.08. The third kappa shape index (κ3) is 4.35. The van der Waals surface area contributed by atoms with Gasteiger partial charge in [-0.2, -0.15) is 0 Å². The number of nitro groups is 1. The Morgan fingerprint density at radius 2 is 2.25 bits per heavy atom. The van der Waals surface area contributed by atoms with Gasteiger partial charge < -0.3 is 15.6 Å². The van der Waals surface area contributed by atoms with Crippen molar-refractivity contribution in [2.45, 2.75) is 13.3 Å². The van der Waals surface area contributed by atoms with E-state index < -0.39 is 4.92 Å². The standard InChI is InChI=1S/C11H18N6O3/c1-3-4-13-11(18)7-16(2)10-6-8(17(19)20)5-9(14-10)15-12/h5-6H,3-4,7,12H2,1-2H3,(H,13,18)(H,14,15). The number of hydrogen-bond acceptors (Lipinski definition) is 7. The summed E-state index contributed by atoms with van der Waals surface area (Å²) in [6.07, 6.45) is 0.839. The first-order valence-corrected chi connectivity index (χ1v) is 6.08. The van der Waals surface area contributed by atoms with Gasteiger partial charge in [0.25, 0.3) is 5.69 Å². The number of nitrogen functional groups attached to an aromatic ring is 1. The maximum absolute atomic E-state index is 11.6. The van der Waals surface area contributed by atoms with Crippen LogP contribution < -0.4 is 21.5 Å². The quantitative estimate of drug-likeness (QED) is 0.371. The molecule has 0 saturated heterocycles. The van der Waals surface area contributed by atoms with E-state index in [1.807, 2.05) is 6.92 Å². The Bertz CT molecular complexity index is 493. The summed E-state index contributed by atoms with van der Waals surface area (Å²) in [4.78, 5) is 27.5. The third-order valence-corrected chi connectivity index (χ3v) is 2.50. The highest BCUT2D eigenvalue weighted by Gasteiger charge is 2.15. The Morgan fingerprint density at radius 1 is 1.55 bits per heavy atom. The molecular formula is C11H18N6O3. The molecule has 1 rings (SSSR count). The van der Waals surface area contributed by atoms with Crippen molar-refractivity contribution in [3.63, 3.8) is 0 Å². The number of carbonyl (C=O) groups excluding carboxylic acids is 1. The second kappa shape index (κ2) is 7.24. The molecule has 9 nitrogen and oxygen atoms in total. The highest BCUT2D eigenvalue weighted by atomic mass is 16.6. The van der Waals surface area contributed by atoms with Crippen molar-refractivity contribution in [1.82, 2.24) is 10.3 Å². The van der Waals surface area contributed by atoms with Crippen LogP contribution in [0.2, 0.25) is 0 Å². The summed E-state index contributed by atoms with van der Waals surface area (Å²) in [7, 11) is 1.62. The average Bonchev–Trinajstić information content (AvgIpc) is 2.44. The second-order valence-electron chi connectivity index (χ2n) is 4.18. The molecule has 0 aliphatic heterocycles. The van der Waals surface area contributed by atoms with Crippen LogP contribution >= 0.6 is 0 Å². The van der Waals surface area contributed by atoms with Crippen molar-refractivity contribution in [3.05, 3.63) is 22.2 Å². The van der Waals surface area contributed by atoms with Gasteiger partial charge in [-0.25, -0.2) is 10.8 Å². The largest absolute Gasteiger partial charge is 0.355 e. The fourth-order valence-corrected chi connectivity index (χ4v) is 1.49. The zero-order valence-electron chi connectivity index (χ0n) is 11.4. The first-order chi connectivity index (χ1) is 9.47. The molecular weight excluding hydrogens is 264 g/mol. The third-order valence-electron chi connectivity index (χ3n) is 2.50. The molecule has 0 atom stereocenters. The molecule has 0 spiro atoms. The number of nitrogens with one attached hydrogen (secondary N) is 2. The SMILES string of the molecule is CCCNC(=O)CN(C)c1cc([N+](=O)[O-])cc(NN)n1. The maximum Gasteiger partial charge on any atom is 0.276 e. The smallest absolute Gasteiger partial charge is 0.276 e. The van der Waals surface area contributed by atoms with Gasteiger partial charge in [0.2, 0.25) is 5.91 Å². The van der Waals surface area contributed by atoms with Crippen molar-refractivity contribution in [3.8, 4) is 0 Å². The van der Waals surface area contributed by atoms with Gasteiger partial charge >= 0.3 is 0 Å². The predicted octanol–water partition coefficient (Wildman–Crippen LogP) is 0.238. The Balaban J connectivity index is 2.86. The molecule has 1 aromatic heterocycles. The number of carbonyl (C=O) groups is 1. The number of hydrazine groups is 1. The van der Waals surface area contributed by atoms with Crippen LogP contribution in [0.15, 0.2) is 12.1 Å². The first kappa shape index (κ1) is 15.6. The molecule has 0 aliphatic rings. The van der Waals surface area contributed by atoms with Gasteiger partial charge in [-0.05, 0) is 6.42 Å². The number of amides is 1. The van der Waals surface area contributed by atoms with Gasteiger partial charge in [-0.15, -0.1) is 0 Å². The summed E-state index contributed by atoms with van der Waals surface area (Å²) in [5, 5.41) is 13.5. The zero-order valence-corrected chi connectivity index (χ0v) is 11.4. The Hall–Kier alpha value is -2.42. The van der Waals surface area contributed by atoms with E-state index in [-0.39, 0.29) is 24.0 Å². The van der Waals surface area contributed by atoms with E-state index in [1.54, 1.807) is 7.05 Å². The van der Waals surface area contributed by atoms with Crippen LogP contribution in [0.4, 0.5) is 17.3 Å². The summed E-state index contributed by atoms with van der Waals surface area (Å²) in [5.74, 6) is 5.50. The van der Waals surface area contributed by atoms with Gasteiger partial charge in [0.15, 0.2) is 0 Å². The Labute approximate surface area is 116 Å². The molecule has 20 heavy (non-hydrogen) atoms. The summed E-state index contributed by atoms with van der Waals surface area (Å²) < 4.78 is 0. The average molecular weight is 282 g/mol. The molecule has 1 amide bonds. The van der Waals surface area contributed by atoms with Crippen LogP contribution in [-0.2, 0) is 4.79 Å². The topological polar surface area (TPSA) is 126 Å². The van der Waals surface area contributed by atoms with Crippen LogP contribution in [0.1, 0.15) is 13.3 Å². The lowest BCUT2D eigenvalue weighted by Crippen LogP contribution is -2.35. The molecule has 1 aromatic rings. The lowest BCUT2D eigenvalue weighted by atomic mass is 10.3. The van der Waals surface area contributed by atoms with Gasteiger partial charge in [-0.3, -0.25) is 14.9 Å². The summed E-state index contributed by atoms with van der Waals surface area (Å²) in [5.41, 5.74) is 2.11. The number of hydrogen-bond donors (Lipinski definition) is 3. The maximum atomic E-state index is 11.6. The highest BCUT2D eigenvalue weighted by Crippen LogP contribution is 2.21. The molecule has 9 heteroatoms. The lowest BCUT2D eigenvalue weighted by Gasteiger charge is -2.18. The number of pyridine rings is 1. The molecule has 0 radical (unpaired) electrons. The van der Waals surface area contributed by atoms with E-state index in [0.717, 1.165) is 6.42 Å². The van der Waals surface area contributed by atoms with Crippen LogP contribution in [0.3, 0.4) is 0 Å². The molecule has 4 N–H and O–H groups in total. The van der Waals surface area contributed by atoms with E-state index in [4.69, 9.17) is 5.84 Å². The minimum absolute atomic E-state index is 0.0537. The number of likely N-dealkylation sites (N-methyl/N-ethyl adjacent to an activating group) is 1. The number of anilines is 2. The van der Waals surface area contributed by atoms with Crippen LogP contribution in [0.25, 0.3) is 0 Å². The van der Waals surface area contributed by atoms with Crippen molar-refractivity contribution >= 4 is 23.2 Å². The van der Waals surface area contributed by atoms with E-state index in [9.17, 15) is 14.9 Å². The minimum Gasteiger partial charge on any atom is -0.355 e. The van der Waals surface area contributed by atoms with Crippen molar-refractivity contribution in [2.75, 3.05) is 30.5 Å². The van der Waals surface area contributed by atoms with E-state index in [0.29, 0.717) is 12.4 Å². The van der Waals surface area contributed by atoms with Gasteiger partial charge in [0.05, 0.1) is 23.6 Å². The predicted molar refractivity (Wildman–Crippen MR) is 75.3 cm³/mol. The Kier molecular flexibility index (Phi) is 5.66. The van der Waals surface area contributed by atoms with Gasteiger partial charge in [0.1, 0.15) is 11.6 Å². The molecule has 0 saturated carbocycles. The number of rotatable bonds is 7. The summed E-state index contributed by atoms with van der Waals surface area (Å²) >= 11 is 0. The molecule has 0 unspecified atom stereocenters. The molecule has 0 aliphatic carbocycles. The molecule has 1 heterocycles. The van der Waals surface area contributed by atoms with Crippen LogP contribution in [0, 0.1) is 10.1 Å². The van der Waals surface area contributed by atoms with E-state index >= 15 is 0 Å². The fraction of sp³-hybridized carbons (Fsp3) is 0.455. The van der Waals surface area contributed by atoms with E-state index in [1.165, 1.54) is 17.0 Å². The van der Waals surface area contributed by atoms with Gasteiger partial charge in [0, 0.05) is 13.6 Å². The number of nitrogens with zero attached hydrogens (tertiary/aromatic N) is 3. The number of aromatic nitrogens is 1. The highest BCUT2D eigenvalue weighted by molar-refractivity contribution is 5.81.